The first-order chi connectivity index (χ1) is 15.5. The van der Waals surface area contributed by atoms with Gasteiger partial charge in [-0.15, -0.1) is 12.3 Å². The minimum atomic E-state index is -0.102. The monoisotopic (exact) mass is 433 g/mol. The topological polar surface area (TPSA) is 76.2 Å². The molecule has 0 aliphatic heterocycles. The second kappa shape index (κ2) is 14.9. The normalized spacial score (nSPS) is 10.3. The Morgan fingerprint density at radius 3 is 2.44 bits per heavy atom. The summed E-state index contributed by atoms with van der Waals surface area (Å²) in [5.41, 5.74) is 3.44. The fourth-order valence-corrected chi connectivity index (χ4v) is 2.54. The summed E-state index contributed by atoms with van der Waals surface area (Å²) >= 11 is 0. The predicted octanol–water partition coefficient (Wildman–Crippen LogP) is 5.91. The lowest BCUT2D eigenvalue weighted by atomic mass is 10.1. The molecule has 1 amide bonds. The number of carbonyl (C=O) groups is 1. The number of H-pyrrole nitrogens is 1. The van der Waals surface area contributed by atoms with E-state index >= 15 is 0 Å². The van der Waals surface area contributed by atoms with E-state index in [0.29, 0.717) is 0 Å². The zero-order valence-corrected chi connectivity index (χ0v) is 19.3. The Kier molecular flexibility index (Phi) is 12.1. The van der Waals surface area contributed by atoms with Crippen LogP contribution in [0.4, 0.5) is 5.69 Å². The number of fused-ring (bicyclic) bond motifs is 1. The van der Waals surface area contributed by atoms with Gasteiger partial charge >= 0.3 is 0 Å². The van der Waals surface area contributed by atoms with Crippen LogP contribution in [0.5, 0.6) is 0 Å². The second-order valence-electron chi connectivity index (χ2n) is 6.41. The van der Waals surface area contributed by atoms with Crippen molar-refractivity contribution in [1.82, 2.24) is 9.97 Å². The summed E-state index contributed by atoms with van der Waals surface area (Å²) in [7, 11) is 3.21. The lowest BCUT2D eigenvalue weighted by Crippen LogP contribution is -2.11. The van der Waals surface area contributed by atoms with Crippen molar-refractivity contribution in [3.05, 3.63) is 72.7 Å². The number of rotatable bonds is 6. The molecule has 1 aromatic heterocycles. The van der Waals surface area contributed by atoms with E-state index in [0.717, 1.165) is 33.9 Å². The Balaban J connectivity index is 0.000000555. The molecule has 32 heavy (non-hydrogen) atoms. The zero-order valence-electron chi connectivity index (χ0n) is 19.3. The number of terminal acetylenes is 1. The van der Waals surface area contributed by atoms with Gasteiger partial charge in [-0.1, -0.05) is 30.3 Å². The zero-order chi connectivity index (χ0) is 23.8. The largest absolute Gasteiger partial charge is 0.505 e. The van der Waals surface area contributed by atoms with Crippen molar-refractivity contribution >= 4 is 22.6 Å². The molecule has 3 rings (SSSR count). The van der Waals surface area contributed by atoms with Crippen LogP contribution in [0, 0.1) is 12.3 Å². The van der Waals surface area contributed by atoms with Crippen LogP contribution in [-0.2, 0) is 14.3 Å². The first kappa shape index (κ1) is 26.1. The summed E-state index contributed by atoms with van der Waals surface area (Å²) in [5.74, 6) is 3.60. The smallest absolute Gasteiger partial charge is 0.228 e. The third kappa shape index (κ3) is 8.80. The molecule has 2 N–H and O–H groups in total. The van der Waals surface area contributed by atoms with Crippen LogP contribution in [0.25, 0.3) is 22.4 Å². The van der Waals surface area contributed by atoms with E-state index in [4.69, 9.17) is 4.74 Å². The molecule has 0 spiro atoms. The Labute approximate surface area is 190 Å². The number of para-hydroxylation sites is 3. The number of benzene rings is 2. The van der Waals surface area contributed by atoms with Gasteiger partial charge in [0.2, 0.25) is 5.91 Å². The van der Waals surface area contributed by atoms with Crippen LogP contribution in [0.3, 0.4) is 0 Å². The number of ether oxygens (including phenoxy) is 2. The van der Waals surface area contributed by atoms with Crippen LogP contribution >= 0.6 is 0 Å². The molecule has 168 valence electrons. The predicted molar refractivity (Wildman–Crippen MR) is 132 cm³/mol. The second-order valence-corrected chi connectivity index (χ2v) is 6.41. The standard InChI is InChI=1S/C19H19N3O2.C4H8O.C3H4/c1-13(24-2)11-12-18(23)20-15-8-4-3-7-14(15)19-21-16-9-5-6-10-17(16)22-19;1-3-4-5-2;1-3-2/h3-11H,12H2,1-2H3,(H,20,23)(H,21,22);3-4H,1-2H3;1H,2H3/b13-11+;4-3-;. The van der Waals surface area contributed by atoms with Crippen molar-refractivity contribution in [1.29, 1.82) is 0 Å². The minimum absolute atomic E-state index is 0.102. The summed E-state index contributed by atoms with van der Waals surface area (Å²) < 4.78 is 9.55. The van der Waals surface area contributed by atoms with Crippen molar-refractivity contribution in [3.8, 4) is 23.7 Å². The molecule has 0 unspecified atom stereocenters. The molecule has 0 aliphatic rings. The van der Waals surface area contributed by atoms with Crippen LogP contribution < -0.4 is 5.32 Å². The van der Waals surface area contributed by atoms with Gasteiger partial charge < -0.3 is 19.8 Å². The number of amides is 1. The van der Waals surface area contributed by atoms with Crippen molar-refractivity contribution in [3.63, 3.8) is 0 Å². The highest BCUT2D eigenvalue weighted by Crippen LogP contribution is 2.27. The Morgan fingerprint density at radius 2 is 1.84 bits per heavy atom. The maximum atomic E-state index is 12.1. The first-order valence-corrected chi connectivity index (χ1v) is 10.1. The number of aromatic amines is 1. The maximum absolute atomic E-state index is 12.1. The highest BCUT2D eigenvalue weighted by Gasteiger charge is 2.11. The van der Waals surface area contributed by atoms with Crippen molar-refractivity contribution in [2.75, 3.05) is 19.5 Å². The van der Waals surface area contributed by atoms with Crippen molar-refractivity contribution in [2.45, 2.75) is 27.2 Å². The van der Waals surface area contributed by atoms with E-state index in [1.165, 1.54) is 0 Å². The summed E-state index contributed by atoms with van der Waals surface area (Å²) in [4.78, 5) is 20.0. The third-order valence-corrected chi connectivity index (χ3v) is 4.01. The number of nitrogens with one attached hydrogen (secondary N) is 2. The minimum Gasteiger partial charge on any atom is -0.505 e. The molecule has 6 heteroatoms. The van der Waals surface area contributed by atoms with Gasteiger partial charge in [0.15, 0.2) is 0 Å². The summed E-state index contributed by atoms with van der Waals surface area (Å²) in [6.07, 6.45) is 10.1. The lowest BCUT2D eigenvalue weighted by Gasteiger charge is -2.08. The fourth-order valence-electron chi connectivity index (χ4n) is 2.54. The van der Waals surface area contributed by atoms with Crippen LogP contribution in [0.15, 0.2) is 72.7 Å². The van der Waals surface area contributed by atoms with E-state index in [-0.39, 0.29) is 12.3 Å². The molecule has 6 nitrogen and oxygen atoms in total. The van der Waals surface area contributed by atoms with Crippen LogP contribution in [0.2, 0.25) is 0 Å². The molecule has 3 aromatic rings. The van der Waals surface area contributed by atoms with Gasteiger partial charge in [-0.25, -0.2) is 4.98 Å². The first-order valence-electron chi connectivity index (χ1n) is 10.1. The van der Waals surface area contributed by atoms with E-state index in [9.17, 15) is 4.79 Å². The van der Waals surface area contributed by atoms with Crippen LogP contribution in [0.1, 0.15) is 27.2 Å². The van der Waals surface area contributed by atoms with Gasteiger partial charge in [0.05, 0.1) is 43.0 Å². The molecule has 0 saturated heterocycles. The highest BCUT2D eigenvalue weighted by molar-refractivity contribution is 5.96. The van der Waals surface area contributed by atoms with E-state index < -0.39 is 0 Å². The number of carbonyl (C=O) groups excluding carboxylic acids is 1. The molecule has 0 bridgehead atoms. The van der Waals surface area contributed by atoms with E-state index in [1.54, 1.807) is 33.5 Å². The summed E-state index contributed by atoms with van der Waals surface area (Å²) in [6, 6.07) is 15.5. The molecule has 2 aromatic carbocycles. The lowest BCUT2D eigenvalue weighted by molar-refractivity contribution is -0.115. The van der Waals surface area contributed by atoms with E-state index in [2.05, 4.69) is 32.4 Å². The number of methoxy groups -OCH3 is 2. The van der Waals surface area contributed by atoms with E-state index in [1.807, 2.05) is 68.5 Å². The molecule has 0 aliphatic carbocycles. The molecule has 0 fully saturated rings. The van der Waals surface area contributed by atoms with Crippen LogP contribution in [-0.4, -0.2) is 30.1 Å². The number of allylic oxidation sites excluding steroid dienone is 2. The van der Waals surface area contributed by atoms with Crippen molar-refractivity contribution < 1.29 is 14.3 Å². The van der Waals surface area contributed by atoms with Gasteiger partial charge in [-0.3, -0.25) is 4.79 Å². The highest BCUT2D eigenvalue weighted by atomic mass is 16.5. The summed E-state index contributed by atoms with van der Waals surface area (Å²) in [5, 5.41) is 2.93. The van der Waals surface area contributed by atoms with Gasteiger partial charge in [0.1, 0.15) is 5.82 Å². The number of anilines is 1. The Bertz CT molecular complexity index is 1040. The van der Waals surface area contributed by atoms with Crippen molar-refractivity contribution in [2.24, 2.45) is 0 Å². The number of imidazole rings is 1. The average molecular weight is 434 g/mol. The molecular weight excluding hydrogens is 402 g/mol. The molecule has 1 heterocycles. The number of hydrogen-bond donors (Lipinski definition) is 2. The quantitative estimate of drug-likeness (QED) is 0.374. The maximum Gasteiger partial charge on any atom is 0.228 e. The van der Waals surface area contributed by atoms with Gasteiger partial charge in [-0.05, 0) is 51.1 Å². The molecule has 0 saturated carbocycles. The Hall–Kier alpha value is -3.98. The number of hydrogen-bond acceptors (Lipinski definition) is 4. The SMILES string of the molecule is C#CC.C/C=C\OC.CO/C(C)=C/CC(=O)Nc1ccccc1-c1nc2ccccc2[nH]1. The number of nitrogens with zero attached hydrogens (tertiary/aromatic N) is 1. The molecule has 0 atom stereocenters. The third-order valence-electron chi connectivity index (χ3n) is 4.01. The molecule has 0 radical (unpaired) electrons. The molecular formula is C26H31N3O3. The number of aromatic nitrogens is 2. The van der Waals surface area contributed by atoms with Gasteiger partial charge in [0.25, 0.3) is 0 Å². The summed E-state index contributed by atoms with van der Waals surface area (Å²) in [6.45, 7) is 5.37. The Morgan fingerprint density at radius 1 is 1.19 bits per heavy atom. The fraction of sp³-hybridized carbons (Fsp3) is 0.231. The average Bonchev–Trinajstić information content (AvgIpc) is 3.23. The van der Waals surface area contributed by atoms with Gasteiger partial charge in [-0.2, -0.15) is 0 Å². The van der Waals surface area contributed by atoms with Gasteiger partial charge in [0, 0.05) is 12.0 Å².